The largest absolute Gasteiger partial charge is 0.506 e. The Morgan fingerprint density at radius 3 is 2.89 bits per heavy atom. The molecule has 2 aromatic carbocycles. The zero-order valence-corrected chi connectivity index (χ0v) is 15.4. The molecule has 0 radical (unpaired) electrons. The van der Waals surface area contributed by atoms with Crippen molar-refractivity contribution in [3.8, 4) is 11.5 Å². The first-order valence-corrected chi connectivity index (χ1v) is 8.46. The normalized spacial score (nSPS) is 13.8. The van der Waals surface area contributed by atoms with Gasteiger partial charge in [-0.25, -0.2) is 4.39 Å². The third kappa shape index (κ3) is 5.32. The fourth-order valence-corrected chi connectivity index (χ4v) is 2.90. The highest BCUT2D eigenvalue weighted by atomic mass is 35.5. The first-order chi connectivity index (χ1) is 12.5. The number of benzene rings is 2. The van der Waals surface area contributed by atoms with Crippen LogP contribution in [0.25, 0.3) is 0 Å². The number of hydrogen-bond donors (Lipinski definition) is 4. The van der Waals surface area contributed by atoms with Crippen molar-refractivity contribution >= 4 is 24.0 Å². The van der Waals surface area contributed by atoms with Crippen LogP contribution >= 0.6 is 12.4 Å². The predicted molar refractivity (Wildman–Crippen MR) is 102 cm³/mol. The van der Waals surface area contributed by atoms with Gasteiger partial charge < -0.3 is 25.6 Å². The molecular weight excluding hydrogens is 375 g/mol. The van der Waals surface area contributed by atoms with Gasteiger partial charge in [0.05, 0.1) is 6.10 Å². The number of fused-ring (bicyclic) bond motifs is 1. The number of amides is 1. The Kier molecular flexibility index (Phi) is 7.41. The average Bonchev–Trinajstić information content (AvgIpc) is 2.62. The second-order valence-corrected chi connectivity index (χ2v) is 6.17. The molecule has 0 aliphatic carbocycles. The number of halogens is 2. The molecular formula is C19H22ClFN2O4. The third-order valence-electron chi connectivity index (χ3n) is 4.18. The van der Waals surface area contributed by atoms with Crippen molar-refractivity contribution in [2.75, 3.05) is 25.0 Å². The summed E-state index contributed by atoms with van der Waals surface area (Å²) in [5, 5.41) is 25.9. The molecule has 1 unspecified atom stereocenters. The van der Waals surface area contributed by atoms with E-state index >= 15 is 0 Å². The van der Waals surface area contributed by atoms with Crippen LogP contribution < -0.4 is 15.4 Å². The van der Waals surface area contributed by atoms with Gasteiger partial charge in [0.15, 0.2) is 12.4 Å². The van der Waals surface area contributed by atoms with Gasteiger partial charge in [-0.15, -0.1) is 12.4 Å². The van der Waals surface area contributed by atoms with Crippen molar-refractivity contribution in [2.24, 2.45) is 0 Å². The van der Waals surface area contributed by atoms with Crippen LogP contribution in [0.4, 0.5) is 10.1 Å². The smallest absolute Gasteiger partial charge is 0.262 e. The summed E-state index contributed by atoms with van der Waals surface area (Å²) >= 11 is 0. The minimum absolute atomic E-state index is 0. The summed E-state index contributed by atoms with van der Waals surface area (Å²) in [5.74, 6) is -0.407. The van der Waals surface area contributed by atoms with Crippen LogP contribution in [0.2, 0.25) is 0 Å². The van der Waals surface area contributed by atoms with E-state index in [1.54, 1.807) is 12.1 Å². The SMILES string of the molecule is Cl.O=C1COc2c(C(O)CNCCCc3cccc(F)c3)ccc(O)c2N1. The lowest BCUT2D eigenvalue weighted by Crippen LogP contribution is -2.28. The van der Waals surface area contributed by atoms with Crippen LogP contribution in [-0.2, 0) is 11.2 Å². The maximum absolute atomic E-state index is 13.1. The van der Waals surface area contributed by atoms with Gasteiger partial charge in [-0.3, -0.25) is 4.79 Å². The van der Waals surface area contributed by atoms with Gasteiger partial charge in [0.2, 0.25) is 0 Å². The molecule has 1 heterocycles. The molecule has 1 aliphatic rings. The van der Waals surface area contributed by atoms with Crippen molar-refractivity contribution in [3.05, 3.63) is 53.3 Å². The number of anilines is 1. The van der Waals surface area contributed by atoms with E-state index in [-0.39, 0.29) is 48.7 Å². The molecule has 0 spiro atoms. The number of nitrogens with one attached hydrogen (secondary N) is 2. The number of carbonyl (C=O) groups excluding carboxylic acids is 1. The lowest BCUT2D eigenvalue weighted by Gasteiger charge is -2.23. The molecule has 4 N–H and O–H groups in total. The maximum atomic E-state index is 13.1. The minimum atomic E-state index is -0.853. The fraction of sp³-hybridized carbons (Fsp3) is 0.316. The van der Waals surface area contributed by atoms with Crippen molar-refractivity contribution in [3.63, 3.8) is 0 Å². The van der Waals surface area contributed by atoms with E-state index < -0.39 is 6.10 Å². The molecule has 3 rings (SSSR count). The Bertz CT molecular complexity index is 803. The molecule has 1 aliphatic heterocycles. The molecule has 27 heavy (non-hydrogen) atoms. The van der Waals surface area contributed by atoms with E-state index in [4.69, 9.17) is 4.74 Å². The fourth-order valence-electron chi connectivity index (χ4n) is 2.90. The number of aryl methyl sites for hydroxylation is 1. The summed E-state index contributed by atoms with van der Waals surface area (Å²) in [5.41, 5.74) is 1.61. The van der Waals surface area contributed by atoms with Gasteiger partial charge in [-0.05, 0) is 49.2 Å². The van der Waals surface area contributed by atoms with E-state index in [1.165, 1.54) is 18.2 Å². The summed E-state index contributed by atoms with van der Waals surface area (Å²) in [7, 11) is 0. The Labute approximate surface area is 162 Å². The molecule has 6 nitrogen and oxygen atoms in total. The standard InChI is InChI=1S/C19H21FN2O4.ClH/c20-13-5-1-3-12(9-13)4-2-8-21-10-16(24)14-6-7-15(23)18-19(14)26-11-17(25)22-18;/h1,3,5-7,9,16,21,23-24H,2,4,8,10-11H2,(H,22,25);1H. The Hall–Kier alpha value is -2.35. The molecule has 0 saturated carbocycles. The van der Waals surface area contributed by atoms with E-state index in [0.29, 0.717) is 17.9 Å². The van der Waals surface area contributed by atoms with Gasteiger partial charge >= 0.3 is 0 Å². The van der Waals surface area contributed by atoms with Crippen molar-refractivity contribution in [1.82, 2.24) is 5.32 Å². The van der Waals surface area contributed by atoms with E-state index in [9.17, 15) is 19.4 Å². The van der Waals surface area contributed by atoms with Gasteiger partial charge in [-0.2, -0.15) is 0 Å². The van der Waals surface area contributed by atoms with Crippen LogP contribution in [0.15, 0.2) is 36.4 Å². The highest BCUT2D eigenvalue weighted by Crippen LogP contribution is 2.41. The number of aliphatic hydroxyl groups is 1. The van der Waals surface area contributed by atoms with Gasteiger partial charge in [0, 0.05) is 12.1 Å². The van der Waals surface area contributed by atoms with Crippen molar-refractivity contribution in [1.29, 1.82) is 0 Å². The topological polar surface area (TPSA) is 90.8 Å². The van der Waals surface area contributed by atoms with Gasteiger partial charge in [0.1, 0.15) is 17.3 Å². The number of phenolic OH excluding ortho intramolecular Hbond substituents is 1. The van der Waals surface area contributed by atoms with E-state index in [2.05, 4.69) is 10.6 Å². The summed E-state index contributed by atoms with van der Waals surface area (Å²) in [6, 6.07) is 9.49. The lowest BCUT2D eigenvalue weighted by molar-refractivity contribution is -0.118. The number of aromatic hydroxyl groups is 1. The zero-order chi connectivity index (χ0) is 18.5. The first-order valence-electron chi connectivity index (χ1n) is 8.46. The Balaban J connectivity index is 0.00000261. The molecule has 0 aromatic heterocycles. The molecule has 1 amide bonds. The number of rotatable bonds is 7. The van der Waals surface area contributed by atoms with Crippen molar-refractivity contribution < 1.29 is 24.1 Å². The number of hydrogen-bond acceptors (Lipinski definition) is 5. The molecule has 8 heteroatoms. The summed E-state index contributed by atoms with van der Waals surface area (Å²) in [6.07, 6.45) is 0.689. The van der Waals surface area contributed by atoms with Crippen LogP contribution in [0.3, 0.4) is 0 Å². The van der Waals surface area contributed by atoms with Crippen molar-refractivity contribution in [2.45, 2.75) is 18.9 Å². The van der Waals surface area contributed by atoms with E-state index in [1.807, 2.05) is 6.07 Å². The Morgan fingerprint density at radius 2 is 2.11 bits per heavy atom. The summed E-state index contributed by atoms with van der Waals surface area (Å²) < 4.78 is 18.5. The maximum Gasteiger partial charge on any atom is 0.262 e. The number of ether oxygens (including phenoxy) is 1. The molecule has 0 fully saturated rings. The van der Waals surface area contributed by atoms with E-state index in [0.717, 1.165) is 18.4 Å². The molecule has 0 bridgehead atoms. The molecule has 0 saturated heterocycles. The number of aliphatic hydroxyl groups excluding tert-OH is 1. The van der Waals surface area contributed by atoms with Gasteiger partial charge in [-0.1, -0.05) is 12.1 Å². The molecule has 146 valence electrons. The van der Waals surface area contributed by atoms with Crippen LogP contribution in [0.5, 0.6) is 11.5 Å². The second-order valence-electron chi connectivity index (χ2n) is 6.17. The predicted octanol–water partition coefficient (Wildman–Crippen LogP) is 2.54. The minimum Gasteiger partial charge on any atom is -0.506 e. The van der Waals surface area contributed by atoms with Crippen LogP contribution in [0, 0.1) is 5.82 Å². The average molecular weight is 397 g/mol. The second kappa shape index (κ2) is 9.55. The summed E-state index contributed by atoms with van der Waals surface area (Å²) in [6.45, 7) is 0.792. The zero-order valence-electron chi connectivity index (χ0n) is 14.6. The first kappa shape index (κ1) is 21.0. The molecule has 2 aromatic rings. The lowest BCUT2D eigenvalue weighted by atomic mass is 10.0. The summed E-state index contributed by atoms with van der Waals surface area (Å²) in [4.78, 5) is 11.4. The quantitative estimate of drug-likeness (QED) is 0.426. The molecule has 1 atom stereocenters. The number of phenols is 1. The highest BCUT2D eigenvalue weighted by molar-refractivity contribution is 5.97. The van der Waals surface area contributed by atoms with Crippen LogP contribution in [0.1, 0.15) is 23.7 Å². The Morgan fingerprint density at radius 1 is 1.30 bits per heavy atom. The monoisotopic (exact) mass is 396 g/mol. The third-order valence-corrected chi connectivity index (χ3v) is 4.18. The number of carbonyl (C=O) groups is 1. The highest BCUT2D eigenvalue weighted by Gasteiger charge is 2.25. The van der Waals surface area contributed by atoms with Gasteiger partial charge in [0.25, 0.3) is 5.91 Å². The van der Waals surface area contributed by atoms with Crippen LogP contribution in [-0.4, -0.2) is 35.8 Å².